The van der Waals surface area contributed by atoms with Gasteiger partial charge in [0.25, 0.3) is 5.91 Å². The molecule has 10 heteroatoms. The number of nitrogens with two attached hydrogens (primary N) is 1. The van der Waals surface area contributed by atoms with Crippen LogP contribution in [0.2, 0.25) is 0 Å². The summed E-state index contributed by atoms with van der Waals surface area (Å²) in [6.45, 7) is 0. The second-order valence-electron chi connectivity index (χ2n) is 8.29. The fourth-order valence-electron chi connectivity index (χ4n) is 3.96. The Bertz CT molecular complexity index is 1430. The molecule has 0 aromatic heterocycles. The molecule has 4 rings (SSSR count). The van der Waals surface area contributed by atoms with Gasteiger partial charge in [0.1, 0.15) is 11.6 Å². The van der Waals surface area contributed by atoms with Crippen LogP contribution in [0.15, 0.2) is 76.1 Å². The number of guanidine groups is 1. The van der Waals surface area contributed by atoms with Crippen molar-refractivity contribution in [2.45, 2.75) is 5.54 Å². The van der Waals surface area contributed by atoms with Gasteiger partial charge in [0.15, 0.2) is 11.5 Å². The van der Waals surface area contributed by atoms with E-state index in [0.717, 1.165) is 0 Å². The molecule has 0 saturated carbocycles. The van der Waals surface area contributed by atoms with Gasteiger partial charge < -0.3 is 10.5 Å². The van der Waals surface area contributed by atoms with Crippen LogP contribution in [0.1, 0.15) is 11.1 Å². The SMILES string of the molecule is COc1cccc(-c2cc(C3(c4ccc(N=S(C)(C)=O)cc4)N=C(N)N(C)C3=O)ccc2F)c1.Cl. The van der Waals surface area contributed by atoms with Crippen molar-refractivity contribution in [3.05, 3.63) is 83.7 Å². The number of methoxy groups -OCH3 is 1. The first kappa shape index (κ1) is 26.2. The van der Waals surface area contributed by atoms with E-state index in [0.29, 0.717) is 33.7 Å². The molecule has 1 heterocycles. The first-order chi connectivity index (χ1) is 16.0. The zero-order chi connectivity index (χ0) is 24.7. The molecular formula is C25H26ClFN4O3S. The Morgan fingerprint density at radius 3 is 2.29 bits per heavy atom. The Kier molecular flexibility index (Phi) is 7.23. The summed E-state index contributed by atoms with van der Waals surface area (Å²) in [5.41, 5.74) is 6.96. The van der Waals surface area contributed by atoms with E-state index in [-0.39, 0.29) is 24.3 Å². The zero-order valence-electron chi connectivity index (χ0n) is 19.7. The maximum atomic E-state index is 14.9. The molecule has 1 aliphatic heterocycles. The number of halogens is 2. The van der Waals surface area contributed by atoms with Crippen molar-refractivity contribution < 1.29 is 18.1 Å². The third-order valence-electron chi connectivity index (χ3n) is 5.62. The van der Waals surface area contributed by atoms with E-state index in [2.05, 4.69) is 9.36 Å². The standard InChI is InChI=1S/C25H25FN4O3S.ClH/c1-30-23(31)25(28-24(30)27,17-8-11-19(12-9-17)29-34(3,4)32)18-10-13-22(26)21(15-18)16-6-5-7-20(14-16)33-2;/h5-15H,1-4H3,(H2,27,28);1H. The number of ether oxygens (including phenoxy) is 1. The van der Waals surface area contributed by atoms with E-state index in [4.69, 9.17) is 10.5 Å². The Morgan fingerprint density at radius 1 is 1.06 bits per heavy atom. The smallest absolute Gasteiger partial charge is 0.266 e. The monoisotopic (exact) mass is 516 g/mol. The van der Waals surface area contributed by atoms with Crippen LogP contribution < -0.4 is 10.5 Å². The highest BCUT2D eigenvalue weighted by Crippen LogP contribution is 2.41. The average molecular weight is 517 g/mol. The average Bonchev–Trinajstić information content (AvgIpc) is 3.03. The van der Waals surface area contributed by atoms with E-state index in [1.807, 2.05) is 0 Å². The molecule has 1 aliphatic rings. The quantitative estimate of drug-likeness (QED) is 0.546. The van der Waals surface area contributed by atoms with Crippen LogP contribution in [-0.4, -0.2) is 47.6 Å². The topological polar surface area (TPSA) is 97.3 Å². The first-order valence-electron chi connectivity index (χ1n) is 10.4. The van der Waals surface area contributed by atoms with E-state index in [9.17, 15) is 13.4 Å². The van der Waals surface area contributed by atoms with Gasteiger partial charge in [0.2, 0.25) is 0 Å². The predicted molar refractivity (Wildman–Crippen MR) is 139 cm³/mol. The lowest BCUT2D eigenvalue weighted by Crippen LogP contribution is -2.41. The Morgan fingerprint density at radius 2 is 1.71 bits per heavy atom. The molecule has 3 aromatic rings. The van der Waals surface area contributed by atoms with E-state index < -0.39 is 21.1 Å². The number of rotatable bonds is 5. The molecule has 1 atom stereocenters. The number of aliphatic imine (C=N–C) groups is 1. The van der Waals surface area contributed by atoms with Crippen LogP contribution >= 0.6 is 12.4 Å². The summed E-state index contributed by atoms with van der Waals surface area (Å²) >= 11 is 0. The van der Waals surface area contributed by atoms with Crippen LogP contribution in [0, 0.1) is 5.82 Å². The lowest BCUT2D eigenvalue weighted by molar-refractivity contribution is -0.129. The molecule has 3 aromatic carbocycles. The molecule has 0 saturated heterocycles. The number of nitrogens with zero attached hydrogens (tertiary/aromatic N) is 3. The normalized spacial score (nSPS) is 17.6. The van der Waals surface area contributed by atoms with Gasteiger partial charge in [0.05, 0.1) is 12.8 Å². The summed E-state index contributed by atoms with van der Waals surface area (Å²) in [5.74, 6) is -0.180. The van der Waals surface area contributed by atoms with Crippen LogP contribution in [0.3, 0.4) is 0 Å². The van der Waals surface area contributed by atoms with Crippen molar-refractivity contribution in [1.82, 2.24) is 4.90 Å². The highest BCUT2D eigenvalue weighted by atomic mass is 35.5. The lowest BCUT2D eigenvalue weighted by atomic mass is 9.81. The summed E-state index contributed by atoms with van der Waals surface area (Å²) in [7, 11) is 0.731. The molecule has 1 amide bonds. The molecule has 1 unspecified atom stereocenters. The molecule has 0 radical (unpaired) electrons. The van der Waals surface area contributed by atoms with Gasteiger partial charge >= 0.3 is 0 Å². The van der Waals surface area contributed by atoms with E-state index in [1.165, 1.54) is 24.1 Å². The van der Waals surface area contributed by atoms with Crippen molar-refractivity contribution in [1.29, 1.82) is 0 Å². The fourth-order valence-corrected chi connectivity index (χ4v) is 4.59. The summed E-state index contributed by atoms with van der Waals surface area (Å²) < 4.78 is 36.5. The van der Waals surface area contributed by atoms with Crippen LogP contribution in [0.4, 0.5) is 10.1 Å². The third kappa shape index (κ3) is 4.87. The highest BCUT2D eigenvalue weighted by Gasteiger charge is 2.49. The van der Waals surface area contributed by atoms with Crippen molar-refractivity contribution in [3.63, 3.8) is 0 Å². The second kappa shape index (κ2) is 9.67. The third-order valence-corrected chi connectivity index (χ3v) is 6.27. The molecule has 184 valence electrons. The summed E-state index contributed by atoms with van der Waals surface area (Å²) in [6, 6.07) is 18.2. The number of carbonyl (C=O) groups excluding carboxylic acids is 1. The number of likely N-dealkylation sites (N-methyl/N-ethyl adjacent to an activating group) is 1. The fraction of sp³-hybridized carbons (Fsp3) is 0.200. The van der Waals surface area contributed by atoms with E-state index in [1.54, 1.807) is 74.2 Å². The van der Waals surface area contributed by atoms with Crippen LogP contribution in [0.25, 0.3) is 11.1 Å². The van der Waals surface area contributed by atoms with Crippen molar-refractivity contribution in [3.8, 4) is 16.9 Å². The summed E-state index contributed by atoms with van der Waals surface area (Å²) in [4.78, 5) is 19.4. The molecular weight excluding hydrogens is 491 g/mol. The Labute approximate surface area is 210 Å². The molecule has 0 fully saturated rings. The number of carbonyl (C=O) groups is 1. The van der Waals surface area contributed by atoms with Crippen molar-refractivity contribution >= 4 is 39.7 Å². The number of hydrogen-bond acceptors (Lipinski definition) is 6. The summed E-state index contributed by atoms with van der Waals surface area (Å²) in [5, 5.41) is 0. The molecule has 2 N–H and O–H groups in total. The van der Waals surface area contributed by atoms with Crippen LogP contribution in [0.5, 0.6) is 5.75 Å². The minimum Gasteiger partial charge on any atom is -0.497 e. The van der Waals surface area contributed by atoms with Gasteiger partial charge in [-0.15, -0.1) is 12.4 Å². The van der Waals surface area contributed by atoms with Gasteiger partial charge in [-0.05, 0) is 53.1 Å². The molecule has 0 aliphatic carbocycles. The number of amides is 1. The Balaban J connectivity index is 0.00000342. The van der Waals surface area contributed by atoms with E-state index >= 15 is 0 Å². The second-order valence-corrected chi connectivity index (χ2v) is 10.8. The minimum atomic E-state index is -2.35. The molecule has 0 bridgehead atoms. The first-order valence-corrected chi connectivity index (χ1v) is 12.7. The van der Waals surface area contributed by atoms with Gasteiger partial charge in [-0.25, -0.2) is 13.6 Å². The maximum Gasteiger partial charge on any atom is 0.266 e. The Hall–Kier alpha value is -3.43. The lowest BCUT2D eigenvalue weighted by Gasteiger charge is -2.27. The largest absolute Gasteiger partial charge is 0.497 e. The molecule has 35 heavy (non-hydrogen) atoms. The van der Waals surface area contributed by atoms with Gasteiger partial charge in [-0.1, -0.05) is 30.3 Å². The van der Waals surface area contributed by atoms with Crippen molar-refractivity contribution in [2.24, 2.45) is 15.1 Å². The molecule has 0 spiro atoms. The highest BCUT2D eigenvalue weighted by molar-refractivity contribution is 7.92. The van der Waals surface area contributed by atoms with Crippen LogP contribution in [-0.2, 0) is 20.1 Å². The number of hydrogen-bond donors (Lipinski definition) is 1. The molecule has 7 nitrogen and oxygen atoms in total. The zero-order valence-corrected chi connectivity index (χ0v) is 21.3. The predicted octanol–water partition coefficient (Wildman–Crippen LogP) is 4.31. The van der Waals surface area contributed by atoms with Crippen molar-refractivity contribution in [2.75, 3.05) is 26.7 Å². The number of benzene rings is 3. The minimum absolute atomic E-state index is 0. The van der Waals surface area contributed by atoms with Gasteiger partial charge in [-0.2, -0.15) is 4.36 Å². The maximum absolute atomic E-state index is 14.9. The van der Waals surface area contributed by atoms with Gasteiger partial charge in [0, 0.05) is 34.9 Å². The van der Waals surface area contributed by atoms with Gasteiger partial charge in [-0.3, -0.25) is 9.69 Å². The summed E-state index contributed by atoms with van der Waals surface area (Å²) in [6.07, 6.45) is 3.09.